The molecule has 3 rings (SSSR count). The van der Waals surface area contributed by atoms with Gasteiger partial charge in [0.1, 0.15) is 5.69 Å². The molecule has 3 heterocycles. The quantitative estimate of drug-likeness (QED) is 0.643. The number of carbonyl (C=O) groups is 2. The van der Waals surface area contributed by atoms with Crippen molar-refractivity contribution < 1.29 is 28.2 Å². The smallest absolute Gasteiger partial charge is 0.278 e. The summed E-state index contributed by atoms with van der Waals surface area (Å²) in [5.74, 6) is -3.57. The lowest BCUT2D eigenvalue weighted by Crippen LogP contribution is -2.32. The molecule has 0 fully saturated rings. The molecule has 0 spiro atoms. The summed E-state index contributed by atoms with van der Waals surface area (Å²) in [6, 6.07) is 2.92. The fourth-order valence-corrected chi connectivity index (χ4v) is 3.42. The van der Waals surface area contributed by atoms with Crippen LogP contribution in [0.4, 0.5) is 8.78 Å². The van der Waals surface area contributed by atoms with E-state index in [2.05, 4.69) is 15.3 Å². The average Bonchev–Trinajstić information content (AvgIpc) is 3.06. The van der Waals surface area contributed by atoms with Crippen molar-refractivity contribution in [1.82, 2.24) is 20.2 Å². The summed E-state index contributed by atoms with van der Waals surface area (Å²) in [5, 5.41) is 12.0. The Hall–Kier alpha value is -3.14. The summed E-state index contributed by atoms with van der Waals surface area (Å²) in [4.78, 5) is 35.4. The van der Waals surface area contributed by atoms with Crippen LogP contribution in [0.5, 0.6) is 5.88 Å². The highest BCUT2D eigenvalue weighted by Crippen LogP contribution is 2.33. The van der Waals surface area contributed by atoms with Gasteiger partial charge in [-0.2, -0.15) is 0 Å². The standard InChI is InChI=1S/C22H26F2N4O4/c1-12-7-15(9-27-20(12)32-11-22(4,23)24)14(3)28-10-17-16(21(28)31)5-6-25-18(17)19(30)26-8-13(2)29/h5-7,9,13-14,29H,8,10-11H2,1-4H3,(H,26,30). The zero-order chi connectivity index (χ0) is 23.6. The van der Waals surface area contributed by atoms with Crippen LogP contribution in [0.3, 0.4) is 0 Å². The number of halogens is 2. The molecule has 8 nitrogen and oxygen atoms in total. The first-order valence-corrected chi connectivity index (χ1v) is 10.2. The molecular formula is C22H26F2N4O4. The monoisotopic (exact) mass is 448 g/mol. The van der Waals surface area contributed by atoms with Crippen molar-refractivity contribution in [3.05, 3.63) is 52.5 Å². The molecule has 10 heteroatoms. The minimum atomic E-state index is -2.97. The highest BCUT2D eigenvalue weighted by molar-refractivity contribution is 6.03. The molecule has 0 aromatic carbocycles. The third-order valence-electron chi connectivity index (χ3n) is 5.11. The van der Waals surface area contributed by atoms with Gasteiger partial charge in [0.15, 0.2) is 6.61 Å². The lowest BCUT2D eigenvalue weighted by Gasteiger charge is -2.25. The fourth-order valence-electron chi connectivity index (χ4n) is 3.42. The summed E-state index contributed by atoms with van der Waals surface area (Å²) in [5.41, 5.74) is 2.32. The number of aliphatic hydroxyl groups excluding tert-OH is 1. The van der Waals surface area contributed by atoms with Gasteiger partial charge in [-0.25, -0.2) is 13.8 Å². The second-order valence-electron chi connectivity index (χ2n) is 8.10. The van der Waals surface area contributed by atoms with E-state index in [-0.39, 0.29) is 30.6 Å². The van der Waals surface area contributed by atoms with Crippen LogP contribution in [-0.4, -0.2) is 57.0 Å². The Morgan fingerprint density at radius 2 is 2.09 bits per heavy atom. The number of ether oxygens (including phenoxy) is 1. The summed E-state index contributed by atoms with van der Waals surface area (Å²) < 4.78 is 31.2. The SMILES string of the molecule is Cc1cc(C(C)N2Cc3c(ccnc3C(=O)NCC(C)O)C2=O)cnc1OCC(C)(F)F. The predicted molar refractivity (Wildman–Crippen MR) is 112 cm³/mol. The molecule has 2 unspecified atom stereocenters. The molecule has 1 aliphatic rings. The third kappa shape index (κ3) is 5.18. The lowest BCUT2D eigenvalue weighted by atomic mass is 10.1. The second-order valence-corrected chi connectivity index (χ2v) is 8.10. The molecule has 0 saturated heterocycles. The van der Waals surface area contributed by atoms with Crippen LogP contribution >= 0.6 is 0 Å². The van der Waals surface area contributed by atoms with Crippen molar-refractivity contribution >= 4 is 11.8 Å². The molecule has 0 saturated carbocycles. The number of rotatable bonds is 8. The minimum absolute atomic E-state index is 0.0710. The molecule has 2 N–H and O–H groups in total. The predicted octanol–water partition coefficient (Wildman–Crippen LogP) is 2.65. The molecule has 0 bridgehead atoms. The third-order valence-corrected chi connectivity index (χ3v) is 5.11. The van der Waals surface area contributed by atoms with Gasteiger partial charge in [-0.1, -0.05) is 0 Å². The average molecular weight is 448 g/mol. The Labute approximate surface area is 184 Å². The van der Waals surface area contributed by atoms with Crippen molar-refractivity contribution in [3.63, 3.8) is 0 Å². The van der Waals surface area contributed by atoms with Crippen LogP contribution in [0.1, 0.15) is 64.3 Å². The van der Waals surface area contributed by atoms with E-state index in [9.17, 15) is 23.5 Å². The van der Waals surface area contributed by atoms with E-state index in [1.54, 1.807) is 30.9 Å². The first-order chi connectivity index (χ1) is 15.0. The van der Waals surface area contributed by atoms with Crippen LogP contribution in [0.25, 0.3) is 0 Å². The first-order valence-electron chi connectivity index (χ1n) is 10.2. The van der Waals surface area contributed by atoms with Gasteiger partial charge < -0.3 is 20.1 Å². The van der Waals surface area contributed by atoms with Gasteiger partial charge in [0.05, 0.1) is 12.1 Å². The van der Waals surface area contributed by atoms with Crippen LogP contribution in [-0.2, 0) is 6.54 Å². The van der Waals surface area contributed by atoms with Gasteiger partial charge in [-0.15, -0.1) is 0 Å². The van der Waals surface area contributed by atoms with E-state index in [1.165, 1.54) is 12.4 Å². The first kappa shape index (κ1) is 23.5. The number of aliphatic hydroxyl groups is 1. The Morgan fingerprint density at radius 3 is 2.72 bits per heavy atom. The maximum Gasteiger partial charge on any atom is 0.278 e. The van der Waals surface area contributed by atoms with E-state index in [4.69, 9.17) is 4.74 Å². The molecular weight excluding hydrogens is 422 g/mol. The molecule has 32 heavy (non-hydrogen) atoms. The van der Waals surface area contributed by atoms with Crippen LogP contribution in [0.2, 0.25) is 0 Å². The summed E-state index contributed by atoms with van der Waals surface area (Å²) >= 11 is 0. The second kappa shape index (κ2) is 9.15. The zero-order valence-corrected chi connectivity index (χ0v) is 18.4. The Bertz CT molecular complexity index is 1020. The Balaban J connectivity index is 1.79. The number of pyridine rings is 2. The van der Waals surface area contributed by atoms with Crippen molar-refractivity contribution in [2.75, 3.05) is 13.2 Å². The number of amides is 2. The summed E-state index contributed by atoms with van der Waals surface area (Å²) in [6.45, 7) is 5.31. The van der Waals surface area contributed by atoms with E-state index in [0.29, 0.717) is 22.3 Å². The molecule has 0 radical (unpaired) electrons. The molecule has 1 aliphatic heterocycles. The number of alkyl halides is 2. The molecule has 2 atom stereocenters. The van der Waals surface area contributed by atoms with E-state index in [1.807, 2.05) is 6.92 Å². The van der Waals surface area contributed by atoms with Crippen molar-refractivity contribution in [1.29, 1.82) is 0 Å². The maximum absolute atomic E-state index is 13.1. The number of hydrogen-bond acceptors (Lipinski definition) is 6. The number of aryl methyl sites for hydroxylation is 1. The van der Waals surface area contributed by atoms with Crippen molar-refractivity contribution in [2.24, 2.45) is 0 Å². The highest BCUT2D eigenvalue weighted by atomic mass is 19.3. The number of aromatic nitrogens is 2. The zero-order valence-electron chi connectivity index (χ0n) is 18.4. The number of nitrogens with zero attached hydrogens (tertiary/aromatic N) is 3. The number of nitrogens with one attached hydrogen (secondary N) is 1. The van der Waals surface area contributed by atoms with Crippen molar-refractivity contribution in [3.8, 4) is 5.88 Å². The van der Waals surface area contributed by atoms with Gasteiger partial charge in [-0.05, 0) is 38.5 Å². The summed E-state index contributed by atoms with van der Waals surface area (Å²) in [6.07, 6.45) is 2.19. The largest absolute Gasteiger partial charge is 0.471 e. The molecule has 0 aliphatic carbocycles. The van der Waals surface area contributed by atoms with Gasteiger partial charge in [-0.3, -0.25) is 14.6 Å². The van der Waals surface area contributed by atoms with Crippen molar-refractivity contribution in [2.45, 2.75) is 52.3 Å². The van der Waals surface area contributed by atoms with Gasteiger partial charge in [0.2, 0.25) is 5.88 Å². The molecule has 172 valence electrons. The highest BCUT2D eigenvalue weighted by Gasteiger charge is 2.35. The molecule has 2 aromatic rings. The van der Waals surface area contributed by atoms with Crippen LogP contribution < -0.4 is 10.1 Å². The summed E-state index contributed by atoms with van der Waals surface area (Å²) in [7, 11) is 0. The van der Waals surface area contributed by atoms with Crippen LogP contribution in [0, 0.1) is 6.92 Å². The van der Waals surface area contributed by atoms with Gasteiger partial charge in [0, 0.05) is 49.1 Å². The minimum Gasteiger partial charge on any atom is -0.471 e. The van der Waals surface area contributed by atoms with Gasteiger partial charge in [0.25, 0.3) is 17.7 Å². The number of fused-ring (bicyclic) bond motifs is 1. The Morgan fingerprint density at radius 1 is 1.38 bits per heavy atom. The van der Waals surface area contributed by atoms with E-state index < -0.39 is 30.6 Å². The normalized spacial score (nSPS) is 15.3. The fraction of sp³-hybridized carbons (Fsp3) is 0.455. The van der Waals surface area contributed by atoms with E-state index >= 15 is 0 Å². The number of carbonyl (C=O) groups excluding carboxylic acids is 2. The lowest BCUT2D eigenvalue weighted by molar-refractivity contribution is -0.0244. The number of hydrogen-bond donors (Lipinski definition) is 2. The molecule has 2 aromatic heterocycles. The van der Waals surface area contributed by atoms with Gasteiger partial charge >= 0.3 is 0 Å². The molecule has 2 amide bonds. The van der Waals surface area contributed by atoms with E-state index in [0.717, 1.165) is 6.92 Å². The topological polar surface area (TPSA) is 105 Å². The van der Waals surface area contributed by atoms with Crippen LogP contribution in [0.15, 0.2) is 24.5 Å². The maximum atomic E-state index is 13.1. The Kier molecular flexibility index (Phi) is 6.73.